The van der Waals surface area contributed by atoms with Crippen LogP contribution in [0.3, 0.4) is 0 Å². The molecule has 6 nitrogen and oxygen atoms in total. The van der Waals surface area contributed by atoms with Crippen LogP contribution in [0.1, 0.15) is 60.4 Å². The molecule has 6 heteroatoms. The Labute approximate surface area is 167 Å². The van der Waals surface area contributed by atoms with Gasteiger partial charge in [-0.25, -0.2) is 0 Å². The number of carbonyl (C=O) groups excluding carboxylic acids is 2. The molecule has 154 valence electrons. The van der Waals surface area contributed by atoms with Gasteiger partial charge in [-0.2, -0.15) is 0 Å². The Morgan fingerprint density at radius 2 is 1.86 bits per heavy atom. The number of nitrogens with one attached hydrogen (secondary N) is 1. The van der Waals surface area contributed by atoms with Crippen molar-refractivity contribution in [3.05, 3.63) is 35.4 Å². The van der Waals surface area contributed by atoms with Gasteiger partial charge in [-0.15, -0.1) is 0 Å². The van der Waals surface area contributed by atoms with Gasteiger partial charge in [0, 0.05) is 39.5 Å². The summed E-state index contributed by atoms with van der Waals surface area (Å²) in [6.07, 6.45) is 5.70. The molecule has 1 aromatic rings. The van der Waals surface area contributed by atoms with Gasteiger partial charge in [0.25, 0.3) is 5.91 Å². The molecule has 2 aliphatic rings. The summed E-state index contributed by atoms with van der Waals surface area (Å²) in [5, 5.41) is 3.10. The molecular formula is C22H32N2O4. The van der Waals surface area contributed by atoms with Crippen LogP contribution < -0.4 is 5.32 Å². The third-order valence-electron chi connectivity index (χ3n) is 6.15. The first kappa shape index (κ1) is 20.8. The number of benzene rings is 1. The first-order valence-electron chi connectivity index (χ1n) is 10.3. The molecule has 1 aliphatic heterocycles. The Kier molecular flexibility index (Phi) is 7.08. The second-order valence-electron chi connectivity index (χ2n) is 7.77. The summed E-state index contributed by atoms with van der Waals surface area (Å²) in [7, 11) is 3.31. The average molecular weight is 389 g/mol. The quantitative estimate of drug-likeness (QED) is 0.696. The molecule has 1 atom stereocenters. The fourth-order valence-corrected chi connectivity index (χ4v) is 4.88. The van der Waals surface area contributed by atoms with Crippen molar-refractivity contribution < 1.29 is 19.1 Å². The minimum Gasteiger partial charge on any atom is -0.385 e. The van der Waals surface area contributed by atoms with Crippen molar-refractivity contribution in [2.24, 2.45) is 0 Å². The van der Waals surface area contributed by atoms with Crippen LogP contribution >= 0.6 is 0 Å². The number of fused-ring (bicyclic) bond motifs is 1. The number of rotatable bonds is 8. The van der Waals surface area contributed by atoms with Gasteiger partial charge in [0.1, 0.15) is 0 Å². The molecule has 3 rings (SSSR count). The highest BCUT2D eigenvalue weighted by Gasteiger charge is 2.54. The van der Waals surface area contributed by atoms with Crippen molar-refractivity contribution in [3.63, 3.8) is 0 Å². The smallest absolute Gasteiger partial charge is 0.254 e. The zero-order valence-corrected chi connectivity index (χ0v) is 17.0. The standard InChI is InChI=1S/C22H32N2O4/c1-27-15-8-13-23-20(25)19-17-9-4-5-10-18(17)21(26)24(14-16-28-2)22(19)11-6-3-7-12-22/h4-5,9-10,19H,3,6-8,11-16H2,1-2H3,(H,23,25)/t19-/m1/s1. The summed E-state index contributed by atoms with van der Waals surface area (Å²) in [5.41, 5.74) is 1.05. The van der Waals surface area contributed by atoms with E-state index in [-0.39, 0.29) is 17.7 Å². The summed E-state index contributed by atoms with van der Waals surface area (Å²) in [6.45, 7) is 2.17. The number of nitrogens with zero attached hydrogens (tertiary/aromatic N) is 1. The molecule has 1 fully saturated rings. The lowest BCUT2D eigenvalue weighted by Crippen LogP contribution is -2.63. The number of carbonyl (C=O) groups is 2. The first-order valence-corrected chi connectivity index (χ1v) is 10.3. The number of ether oxygens (including phenoxy) is 2. The van der Waals surface area contributed by atoms with E-state index in [0.717, 1.165) is 44.1 Å². The molecule has 1 spiro atoms. The molecule has 1 aromatic carbocycles. The lowest BCUT2D eigenvalue weighted by molar-refractivity contribution is -0.127. The minimum absolute atomic E-state index is 0.0142. The van der Waals surface area contributed by atoms with E-state index < -0.39 is 5.54 Å². The number of amides is 2. The lowest BCUT2D eigenvalue weighted by Gasteiger charge is -2.53. The van der Waals surface area contributed by atoms with Crippen LogP contribution in [-0.2, 0) is 14.3 Å². The van der Waals surface area contributed by atoms with E-state index >= 15 is 0 Å². The Balaban J connectivity index is 1.99. The largest absolute Gasteiger partial charge is 0.385 e. The van der Waals surface area contributed by atoms with Crippen LogP contribution in [0.25, 0.3) is 0 Å². The van der Waals surface area contributed by atoms with Gasteiger partial charge >= 0.3 is 0 Å². The van der Waals surface area contributed by atoms with Gasteiger partial charge in [-0.05, 0) is 30.9 Å². The predicted octanol–water partition coefficient (Wildman–Crippen LogP) is 2.73. The Morgan fingerprint density at radius 1 is 1.14 bits per heavy atom. The van der Waals surface area contributed by atoms with E-state index in [1.807, 2.05) is 29.2 Å². The van der Waals surface area contributed by atoms with Gasteiger partial charge in [0.15, 0.2) is 0 Å². The zero-order chi connectivity index (χ0) is 20.0. The molecule has 1 aliphatic carbocycles. The van der Waals surface area contributed by atoms with Crippen molar-refractivity contribution in [2.75, 3.05) is 40.5 Å². The fourth-order valence-electron chi connectivity index (χ4n) is 4.88. The van der Waals surface area contributed by atoms with Crippen LogP contribution in [0.4, 0.5) is 0 Å². The van der Waals surface area contributed by atoms with Crippen LogP contribution in [0.2, 0.25) is 0 Å². The van der Waals surface area contributed by atoms with E-state index in [2.05, 4.69) is 5.32 Å². The Hall–Kier alpha value is -1.92. The van der Waals surface area contributed by atoms with E-state index in [9.17, 15) is 9.59 Å². The first-order chi connectivity index (χ1) is 13.7. The maximum Gasteiger partial charge on any atom is 0.254 e. The second kappa shape index (κ2) is 9.52. The molecule has 28 heavy (non-hydrogen) atoms. The second-order valence-corrected chi connectivity index (χ2v) is 7.77. The van der Waals surface area contributed by atoms with Gasteiger partial charge < -0.3 is 19.7 Å². The molecule has 0 bridgehead atoms. The number of hydrogen-bond acceptors (Lipinski definition) is 4. The van der Waals surface area contributed by atoms with E-state index in [0.29, 0.717) is 31.9 Å². The maximum atomic E-state index is 13.4. The summed E-state index contributed by atoms with van der Waals surface area (Å²) >= 11 is 0. The average Bonchev–Trinajstić information content (AvgIpc) is 2.72. The summed E-state index contributed by atoms with van der Waals surface area (Å²) < 4.78 is 10.4. The van der Waals surface area contributed by atoms with E-state index in [1.54, 1.807) is 14.2 Å². The fraction of sp³-hybridized carbons (Fsp3) is 0.636. The molecule has 2 amide bonds. The van der Waals surface area contributed by atoms with Crippen LogP contribution in [0.15, 0.2) is 24.3 Å². The van der Waals surface area contributed by atoms with E-state index in [4.69, 9.17) is 9.47 Å². The lowest BCUT2D eigenvalue weighted by atomic mass is 9.65. The highest BCUT2D eigenvalue weighted by atomic mass is 16.5. The molecule has 1 heterocycles. The highest BCUT2D eigenvalue weighted by Crippen LogP contribution is 2.49. The third-order valence-corrected chi connectivity index (χ3v) is 6.15. The topological polar surface area (TPSA) is 67.9 Å². The molecule has 0 aromatic heterocycles. The van der Waals surface area contributed by atoms with Crippen molar-refractivity contribution in [1.29, 1.82) is 0 Å². The molecule has 0 unspecified atom stereocenters. The van der Waals surface area contributed by atoms with Crippen LogP contribution in [0, 0.1) is 0 Å². The maximum absolute atomic E-state index is 13.4. The molecule has 0 saturated heterocycles. The minimum atomic E-state index is -0.465. The SMILES string of the molecule is COCCCNC(=O)[C@H]1c2ccccc2C(=O)N(CCOC)C12CCCCC2. The number of hydrogen-bond donors (Lipinski definition) is 1. The third kappa shape index (κ3) is 3.94. The summed E-state index contributed by atoms with van der Waals surface area (Å²) in [6, 6.07) is 7.60. The van der Waals surface area contributed by atoms with Crippen molar-refractivity contribution >= 4 is 11.8 Å². The summed E-state index contributed by atoms with van der Waals surface area (Å²) in [5.74, 6) is -0.306. The van der Waals surface area contributed by atoms with Gasteiger partial charge in [0.05, 0.1) is 18.1 Å². The normalized spacial score (nSPS) is 20.9. The Morgan fingerprint density at radius 3 is 2.57 bits per heavy atom. The number of methoxy groups -OCH3 is 2. The monoisotopic (exact) mass is 388 g/mol. The predicted molar refractivity (Wildman–Crippen MR) is 107 cm³/mol. The molecular weight excluding hydrogens is 356 g/mol. The van der Waals surface area contributed by atoms with Gasteiger partial charge in [-0.1, -0.05) is 37.5 Å². The van der Waals surface area contributed by atoms with Gasteiger partial charge in [-0.3, -0.25) is 9.59 Å². The van der Waals surface area contributed by atoms with Crippen molar-refractivity contribution in [3.8, 4) is 0 Å². The molecule has 0 radical (unpaired) electrons. The molecule has 1 saturated carbocycles. The van der Waals surface area contributed by atoms with E-state index in [1.165, 1.54) is 0 Å². The highest BCUT2D eigenvalue weighted by molar-refractivity contribution is 6.02. The Bertz CT molecular complexity index is 685. The molecule has 1 N–H and O–H groups in total. The van der Waals surface area contributed by atoms with Crippen LogP contribution in [-0.4, -0.2) is 62.8 Å². The van der Waals surface area contributed by atoms with Crippen molar-refractivity contribution in [2.45, 2.75) is 50.0 Å². The van der Waals surface area contributed by atoms with Crippen LogP contribution in [0.5, 0.6) is 0 Å². The summed E-state index contributed by atoms with van der Waals surface area (Å²) in [4.78, 5) is 28.7. The van der Waals surface area contributed by atoms with Crippen molar-refractivity contribution in [1.82, 2.24) is 10.2 Å². The van der Waals surface area contributed by atoms with Gasteiger partial charge in [0.2, 0.25) is 5.91 Å². The zero-order valence-electron chi connectivity index (χ0n) is 17.0.